The number of rotatable bonds is 8. The van der Waals surface area contributed by atoms with E-state index in [2.05, 4.69) is 40.7 Å². The maximum Gasteiger partial charge on any atom is 0.310 e. The highest BCUT2D eigenvalue weighted by Gasteiger charge is 2.61. The Labute approximate surface area is 125 Å². The molecule has 0 spiro atoms. The van der Waals surface area contributed by atoms with Gasteiger partial charge in [-0.25, -0.2) is 0 Å². The van der Waals surface area contributed by atoms with Gasteiger partial charge in [0.1, 0.15) is 0 Å². The molecule has 2 heteroatoms. The van der Waals surface area contributed by atoms with Crippen LogP contribution in [-0.4, -0.2) is 12.1 Å². The maximum atomic E-state index is 12.3. The Hall–Kier alpha value is -0.790. The van der Waals surface area contributed by atoms with Crippen molar-refractivity contribution < 1.29 is 9.53 Å². The number of hydrogen-bond acceptors (Lipinski definition) is 2. The Morgan fingerprint density at radius 1 is 1.25 bits per heavy atom. The molecule has 0 heterocycles. The molecule has 1 aliphatic carbocycles. The fraction of sp³-hybridized carbons (Fsp3) is 0.833. The summed E-state index contributed by atoms with van der Waals surface area (Å²) in [6, 6.07) is 0. The van der Waals surface area contributed by atoms with Crippen LogP contribution in [0, 0.1) is 17.3 Å². The van der Waals surface area contributed by atoms with Crippen molar-refractivity contribution >= 4 is 5.97 Å². The van der Waals surface area contributed by atoms with E-state index in [1.807, 2.05) is 6.92 Å². The Bertz CT molecular complexity index is 350. The molecule has 20 heavy (non-hydrogen) atoms. The third-order valence-corrected chi connectivity index (χ3v) is 4.46. The van der Waals surface area contributed by atoms with Crippen LogP contribution in [0.5, 0.6) is 0 Å². The molecule has 0 aromatic rings. The largest absolute Gasteiger partial charge is 0.462 e. The number of hydrogen-bond donors (Lipinski definition) is 0. The van der Waals surface area contributed by atoms with Gasteiger partial charge in [0.15, 0.2) is 0 Å². The van der Waals surface area contributed by atoms with Crippen LogP contribution >= 0.6 is 0 Å². The van der Waals surface area contributed by atoms with E-state index in [-0.39, 0.29) is 23.4 Å². The second kappa shape index (κ2) is 7.28. The number of esters is 1. The SMILES string of the molecule is CCCCCC[C@@H](C)OC(=O)C1C(C=C(C)C)C1(C)C. The molecule has 3 atom stereocenters. The third-order valence-electron chi connectivity index (χ3n) is 4.46. The summed E-state index contributed by atoms with van der Waals surface area (Å²) < 4.78 is 5.63. The molecule has 1 aliphatic rings. The third kappa shape index (κ3) is 4.64. The lowest BCUT2D eigenvalue weighted by molar-refractivity contribution is -0.151. The number of carbonyl (C=O) groups excluding carboxylic acids is 1. The predicted octanol–water partition coefficient (Wildman–Crippen LogP) is 5.13. The molecular formula is C18H32O2. The lowest BCUT2D eigenvalue weighted by Crippen LogP contribution is -2.18. The van der Waals surface area contributed by atoms with E-state index in [1.165, 1.54) is 24.8 Å². The first kappa shape index (κ1) is 17.3. The standard InChI is InChI=1S/C18H32O2/c1-7-8-9-10-11-14(4)20-17(19)16-15(12-13(2)3)18(16,5)6/h12,14-16H,7-11H2,1-6H3/t14-,15?,16?/m1/s1. The van der Waals surface area contributed by atoms with Crippen LogP contribution in [0.1, 0.15) is 73.6 Å². The maximum absolute atomic E-state index is 12.3. The molecule has 0 radical (unpaired) electrons. The monoisotopic (exact) mass is 280 g/mol. The average Bonchev–Trinajstić information content (AvgIpc) is 2.85. The summed E-state index contributed by atoms with van der Waals surface area (Å²) in [5, 5.41) is 0. The van der Waals surface area contributed by atoms with Gasteiger partial charge in [0.05, 0.1) is 12.0 Å². The summed E-state index contributed by atoms with van der Waals surface area (Å²) in [5.74, 6) is 0.406. The molecule has 1 fully saturated rings. The van der Waals surface area contributed by atoms with Crippen LogP contribution in [-0.2, 0) is 9.53 Å². The molecule has 0 bridgehead atoms. The summed E-state index contributed by atoms with van der Waals surface area (Å²) in [6.07, 6.45) is 8.20. The van der Waals surface area contributed by atoms with Crippen LogP contribution in [0.3, 0.4) is 0 Å². The zero-order chi connectivity index (χ0) is 15.3. The van der Waals surface area contributed by atoms with Crippen LogP contribution in [0.25, 0.3) is 0 Å². The molecule has 1 rings (SSSR count). The van der Waals surface area contributed by atoms with E-state index < -0.39 is 0 Å². The van der Waals surface area contributed by atoms with E-state index >= 15 is 0 Å². The normalized spacial score (nSPS) is 24.9. The summed E-state index contributed by atoms with van der Waals surface area (Å²) in [5.41, 5.74) is 1.35. The highest BCUT2D eigenvalue weighted by molar-refractivity contribution is 5.78. The summed E-state index contributed by atoms with van der Waals surface area (Å²) in [7, 11) is 0. The smallest absolute Gasteiger partial charge is 0.310 e. The molecule has 0 aromatic carbocycles. The Kier molecular flexibility index (Phi) is 6.29. The van der Waals surface area contributed by atoms with Crippen molar-refractivity contribution in [3.8, 4) is 0 Å². The quantitative estimate of drug-likeness (QED) is 0.350. The Morgan fingerprint density at radius 3 is 2.45 bits per heavy atom. The molecule has 2 unspecified atom stereocenters. The lowest BCUT2D eigenvalue weighted by Gasteiger charge is -2.13. The molecule has 116 valence electrons. The highest BCUT2D eigenvalue weighted by Crippen LogP contribution is 2.59. The summed E-state index contributed by atoms with van der Waals surface area (Å²) in [4.78, 5) is 12.3. The molecule has 2 nitrogen and oxygen atoms in total. The van der Waals surface area contributed by atoms with Gasteiger partial charge in [0.25, 0.3) is 0 Å². The first-order valence-electron chi connectivity index (χ1n) is 8.16. The minimum Gasteiger partial charge on any atom is -0.462 e. The average molecular weight is 280 g/mol. The first-order valence-corrected chi connectivity index (χ1v) is 8.16. The fourth-order valence-corrected chi connectivity index (χ4v) is 2.99. The van der Waals surface area contributed by atoms with Gasteiger partial charge in [0.2, 0.25) is 0 Å². The molecule has 0 saturated heterocycles. The summed E-state index contributed by atoms with van der Waals surface area (Å²) >= 11 is 0. The van der Waals surface area contributed by atoms with Crippen LogP contribution < -0.4 is 0 Å². The Morgan fingerprint density at radius 2 is 1.90 bits per heavy atom. The van der Waals surface area contributed by atoms with Gasteiger partial charge in [-0.05, 0) is 44.9 Å². The van der Waals surface area contributed by atoms with E-state index in [0.717, 1.165) is 12.8 Å². The van der Waals surface area contributed by atoms with Crippen LogP contribution in [0.2, 0.25) is 0 Å². The number of carbonyl (C=O) groups is 1. The molecule has 0 N–H and O–H groups in total. The van der Waals surface area contributed by atoms with Crippen molar-refractivity contribution in [2.75, 3.05) is 0 Å². The van der Waals surface area contributed by atoms with Crippen LogP contribution in [0.4, 0.5) is 0 Å². The van der Waals surface area contributed by atoms with Crippen molar-refractivity contribution in [3.05, 3.63) is 11.6 Å². The van der Waals surface area contributed by atoms with Gasteiger partial charge in [-0.15, -0.1) is 0 Å². The number of allylic oxidation sites excluding steroid dienone is 2. The van der Waals surface area contributed by atoms with Crippen LogP contribution in [0.15, 0.2) is 11.6 Å². The van der Waals surface area contributed by atoms with Gasteiger partial charge in [-0.2, -0.15) is 0 Å². The van der Waals surface area contributed by atoms with E-state index in [1.54, 1.807) is 0 Å². The summed E-state index contributed by atoms with van der Waals surface area (Å²) in [6.45, 7) is 12.7. The predicted molar refractivity (Wildman–Crippen MR) is 84.5 cm³/mol. The van der Waals surface area contributed by atoms with Gasteiger partial charge in [0, 0.05) is 0 Å². The molecular weight excluding hydrogens is 248 g/mol. The minimum atomic E-state index is 0.000455. The van der Waals surface area contributed by atoms with Gasteiger partial charge in [-0.3, -0.25) is 4.79 Å². The van der Waals surface area contributed by atoms with E-state index in [9.17, 15) is 4.79 Å². The second-order valence-corrected chi connectivity index (χ2v) is 7.17. The minimum absolute atomic E-state index is 0.000455. The fourth-order valence-electron chi connectivity index (χ4n) is 2.99. The van der Waals surface area contributed by atoms with Gasteiger partial charge in [-0.1, -0.05) is 51.7 Å². The first-order chi connectivity index (χ1) is 9.30. The van der Waals surface area contributed by atoms with E-state index in [4.69, 9.17) is 4.74 Å². The van der Waals surface area contributed by atoms with E-state index in [0.29, 0.717) is 5.92 Å². The van der Waals surface area contributed by atoms with Crippen molar-refractivity contribution in [1.29, 1.82) is 0 Å². The Balaban J connectivity index is 2.38. The van der Waals surface area contributed by atoms with Crippen molar-refractivity contribution in [2.24, 2.45) is 17.3 Å². The highest BCUT2D eigenvalue weighted by atomic mass is 16.5. The van der Waals surface area contributed by atoms with Gasteiger partial charge >= 0.3 is 5.97 Å². The van der Waals surface area contributed by atoms with Crippen molar-refractivity contribution in [1.82, 2.24) is 0 Å². The second-order valence-electron chi connectivity index (χ2n) is 7.17. The molecule has 1 saturated carbocycles. The zero-order valence-corrected chi connectivity index (χ0v) is 14.2. The molecule has 0 amide bonds. The van der Waals surface area contributed by atoms with Gasteiger partial charge < -0.3 is 4.74 Å². The lowest BCUT2D eigenvalue weighted by atomic mass is 10.1. The van der Waals surface area contributed by atoms with Crippen molar-refractivity contribution in [2.45, 2.75) is 79.8 Å². The van der Waals surface area contributed by atoms with Crippen molar-refractivity contribution in [3.63, 3.8) is 0 Å². The number of unbranched alkanes of at least 4 members (excludes halogenated alkanes) is 3. The zero-order valence-electron chi connectivity index (χ0n) is 14.2. The molecule has 0 aromatic heterocycles. The topological polar surface area (TPSA) is 26.3 Å². The molecule has 0 aliphatic heterocycles. The number of ether oxygens (including phenoxy) is 1.